The van der Waals surface area contributed by atoms with Crippen molar-refractivity contribution in [2.24, 2.45) is 11.8 Å². The minimum atomic E-state index is 0.227. The second-order valence-corrected chi connectivity index (χ2v) is 8.39. The van der Waals surface area contributed by atoms with Crippen molar-refractivity contribution >= 4 is 16.6 Å². The monoisotopic (exact) mass is 316 g/mol. The van der Waals surface area contributed by atoms with Crippen molar-refractivity contribution in [1.82, 2.24) is 0 Å². The van der Waals surface area contributed by atoms with Gasteiger partial charge in [0.2, 0.25) is 0 Å². The number of carbonyl (C=O) groups is 1. The minimum Gasteiger partial charge on any atom is -0.294 e. The summed E-state index contributed by atoms with van der Waals surface area (Å²) in [6, 6.07) is 11.2. The molecule has 3 unspecified atom stereocenters. The van der Waals surface area contributed by atoms with Gasteiger partial charge in [-0.3, -0.25) is 4.79 Å². The fourth-order valence-electron chi connectivity index (χ4n) is 5.65. The molecule has 0 radical (unpaired) electrons. The summed E-state index contributed by atoms with van der Waals surface area (Å²) in [6.45, 7) is 4.47. The van der Waals surface area contributed by atoms with E-state index in [1.807, 2.05) is 0 Å². The van der Waals surface area contributed by atoms with Crippen LogP contribution in [0.2, 0.25) is 0 Å². The van der Waals surface area contributed by atoms with Gasteiger partial charge in [-0.15, -0.1) is 0 Å². The van der Waals surface area contributed by atoms with Gasteiger partial charge in [0.25, 0.3) is 0 Å². The topological polar surface area (TPSA) is 17.1 Å². The van der Waals surface area contributed by atoms with E-state index in [-0.39, 0.29) is 5.41 Å². The largest absolute Gasteiger partial charge is 0.294 e. The van der Waals surface area contributed by atoms with Crippen LogP contribution in [0.15, 0.2) is 42.5 Å². The van der Waals surface area contributed by atoms with E-state index in [0.717, 1.165) is 24.3 Å². The summed E-state index contributed by atoms with van der Waals surface area (Å²) in [5, 5.41) is 2.58. The third-order valence-corrected chi connectivity index (χ3v) is 6.82. The van der Waals surface area contributed by atoms with Crippen LogP contribution in [0, 0.1) is 11.8 Å². The van der Waals surface area contributed by atoms with Crippen LogP contribution in [0.3, 0.4) is 0 Å². The summed E-state index contributed by atoms with van der Waals surface area (Å²) < 4.78 is 0. The Hall–Kier alpha value is -1.89. The Kier molecular flexibility index (Phi) is 2.90. The molecule has 0 N–H and O–H groups in total. The van der Waals surface area contributed by atoms with Gasteiger partial charge < -0.3 is 0 Å². The Morgan fingerprint density at radius 1 is 1.17 bits per heavy atom. The SMILES string of the molecule is CC(C)c1cccc2cc3c(cc12)C(=O)CCC31CC2C=CC1C2. The fourth-order valence-corrected chi connectivity index (χ4v) is 5.65. The summed E-state index contributed by atoms with van der Waals surface area (Å²) in [6.07, 6.45) is 9.13. The highest BCUT2D eigenvalue weighted by Gasteiger charge is 2.52. The van der Waals surface area contributed by atoms with Crippen molar-refractivity contribution in [3.63, 3.8) is 0 Å². The van der Waals surface area contributed by atoms with Crippen molar-refractivity contribution in [1.29, 1.82) is 0 Å². The van der Waals surface area contributed by atoms with Crippen LogP contribution >= 0.6 is 0 Å². The highest BCUT2D eigenvalue weighted by Crippen LogP contribution is 2.58. The van der Waals surface area contributed by atoms with Crippen LogP contribution in [-0.2, 0) is 5.41 Å². The van der Waals surface area contributed by atoms with Gasteiger partial charge in [0.15, 0.2) is 5.78 Å². The van der Waals surface area contributed by atoms with Crippen molar-refractivity contribution < 1.29 is 4.79 Å². The zero-order valence-electron chi connectivity index (χ0n) is 14.5. The van der Waals surface area contributed by atoms with Gasteiger partial charge in [0.05, 0.1) is 0 Å². The molecule has 1 spiro atoms. The first-order valence-corrected chi connectivity index (χ1v) is 9.37. The number of hydrogen-bond acceptors (Lipinski definition) is 1. The lowest BCUT2D eigenvalue weighted by Crippen LogP contribution is -2.36. The first kappa shape index (κ1) is 14.5. The standard InChI is InChI=1S/C23H24O/c1-14(2)18-5-3-4-16-11-21-20(12-19(16)18)22(24)8-9-23(21)13-15-6-7-17(23)10-15/h3-7,11-12,14-15,17H,8-10,13H2,1-2H3. The molecule has 3 atom stereocenters. The summed E-state index contributed by atoms with van der Waals surface area (Å²) in [5.74, 6) is 2.20. The highest BCUT2D eigenvalue weighted by atomic mass is 16.1. The average molecular weight is 316 g/mol. The van der Waals surface area contributed by atoms with Crippen LogP contribution in [0.25, 0.3) is 10.8 Å². The van der Waals surface area contributed by atoms with Crippen LogP contribution in [0.1, 0.15) is 66.9 Å². The number of hydrogen-bond donors (Lipinski definition) is 0. The summed E-state index contributed by atoms with van der Waals surface area (Å²) >= 11 is 0. The van der Waals surface area contributed by atoms with E-state index in [9.17, 15) is 4.79 Å². The molecule has 1 saturated carbocycles. The molecular weight excluding hydrogens is 292 g/mol. The normalized spacial score (nSPS) is 30.7. The van der Waals surface area contributed by atoms with E-state index < -0.39 is 0 Å². The molecule has 3 aliphatic carbocycles. The van der Waals surface area contributed by atoms with Crippen molar-refractivity contribution in [3.05, 3.63) is 59.2 Å². The molecule has 1 nitrogen and oxygen atoms in total. The fraction of sp³-hybridized carbons (Fsp3) is 0.435. The molecule has 5 rings (SSSR count). The molecule has 2 aromatic rings. The smallest absolute Gasteiger partial charge is 0.163 e. The molecule has 0 aromatic heterocycles. The molecule has 0 saturated heterocycles. The number of allylic oxidation sites excluding steroid dienone is 2. The second-order valence-electron chi connectivity index (χ2n) is 8.39. The molecule has 2 aromatic carbocycles. The summed E-state index contributed by atoms with van der Waals surface area (Å²) in [4.78, 5) is 12.7. The minimum absolute atomic E-state index is 0.227. The third-order valence-electron chi connectivity index (χ3n) is 6.82. The van der Waals surface area contributed by atoms with Crippen LogP contribution in [-0.4, -0.2) is 5.78 Å². The number of ketones is 1. The molecular formula is C23H24O. The number of carbonyl (C=O) groups excluding carboxylic acids is 1. The maximum absolute atomic E-state index is 12.7. The van der Waals surface area contributed by atoms with Gasteiger partial charge in [-0.2, -0.15) is 0 Å². The molecule has 1 heteroatoms. The quantitative estimate of drug-likeness (QED) is 0.610. The lowest BCUT2D eigenvalue weighted by atomic mass is 9.62. The molecule has 0 amide bonds. The van der Waals surface area contributed by atoms with Gasteiger partial charge in [0.1, 0.15) is 0 Å². The van der Waals surface area contributed by atoms with E-state index in [1.165, 1.54) is 34.7 Å². The van der Waals surface area contributed by atoms with Crippen molar-refractivity contribution in [2.75, 3.05) is 0 Å². The van der Waals surface area contributed by atoms with E-state index in [4.69, 9.17) is 0 Å². The molecule has 122 valence electrons. The Bertz CT molecular complexity index is 888. The van der Waals surface area contributed by atoms with Crippen molar-refractivity contribution in [3.8, 4) is 0 Å². The van der Waals surface area contributed by atoms with Gasteiger partial charge >= 0.3 is 0 Å². The predicted octanol–water partition coefficient (Wildman–Crippen LogP) is 5.77. The lowest BCUT2D eigenvalue weighted by Gasteiger charge is -2.41. The van der Waals surface area contributed by atoms with E-state index >= 15 is 0 Å². The molecule has 1 fully saturated rings. The molecule has 24 heavy (non-hydrogen) atoms. The molecule has 0 heterocycles. The number of fused-ring (bicyclic) bond motifs is 6. The lowest BCUT2D eigenvalue weighted by molar-refractivity contribution is 0.0944. The predicted molar refractivity (Wildman–Crippen MR) is 98.6 cm³/mol. The van der Waals surface area contributed by atoms with Crippen LogP contribution in [0.4, 0.5) is 0 Å². The Morgan fingerprint density at radius 2 is 2.04 bits per heavy atom. The first-order chi connectivity index (χ1) is 11.6. The van der Waals surface area contributed by atoms with Crippen LogP contribution in [0.5, 0.6) is 0 Å². The van der Waals surface area contributed by atoms with Gasteiger partial charge in [-0.25, -0.2) is 0 Å². The second kappa shape index (κ2) is 4.81. The average Bonchev–Trinajstić information content (AvgIpc) is 3.18. The van der Waals surface area contributed by atoms with Crippen LogP contribution < -0.4 is 0 Å². The Labute approximate surface area is 143 Å². The molecule has 3 aliphatic rings. The zero-order chi connectivity index (χ0) is 16.5. The first-order valence-electron chi connectivity index (χ1n) is 9.37. The Balaban J connectivity index is 1.79. The number of Topliss-reactive ketones (excluding diaryl/α,β-unsaturated/α-hetero) is 1. The maximum atomic E-state index is 12.7. The van der Waals surface area contributed by atoms with E-state index in [2.05, 4.69) is 56.3 Å². The van der Waals surface area contributed by atoms with E-state index in [0.29, 0.717) is 17.6 Å². The summed E-state index contributed by atoms with van der Waals surface area (Å²) in [5.41, 5.74) is 3.95. The molecule has 0 aliphatic heterocycles. The zero-order valence-corrected chi connectivity index (χ0v) is 14.5. The van der Waals surface area contributed by atoms with E-state index in [1.54, 1.807) is 0 Å². The van der Waals surface area contributed by atoms with Crippen molar-refractivity contribution in [2.45, 2.75) is 50.9 Å². The summed E-state index contributed by atoms with van der Waals surface area (Å²) in [7, 11) is 0. The highest BCUT2D eigenvalue weighted by molar-refractivity contribution is 6.04. The van der Waals surface area contributed by atoms with Gasteiger partial charge in [-0.05, 0) is 71.0 Å². The maximum Gasteiger partial charge on any atom is 0.163 e. The number of benzene rings is 2. The Morgan fingerprint density at radius 3 is 2.75 bits per heavy atom. The number of rotatable bonds is 1. The molecule has 2 bridgehead atoms. The third kappa shape index (κ3) is 1.79. The van der Waals surface area contributed by atoms with Gasteiger partial charge in [-0.1, -0.05) is 44.2 Å². The van der Waals surface area contributed by atoms with Gasteiger partial charge in [0, 0.05) is 17.4 Å².